The fraction of sp³-hybridized carbons (Fsp3) is 0.312. The van der Waals surface area contributed by atoms with Crippen molar-refractivity contribution in [1.82, 2.24) is 9.97 Å². The summed E-state index contributed by atoms with van der Waals surface area (Å²) in [5.74, 6) is 0.136. The van der Waals surface area contributed by atoms with E-state index in [2.05, 4.69) is 20.6 Å². The third kappa shape index (κ3) is 3.57. The van der Waals surface area contributed by atoms with Gasteiger partial charge in [-0.05, 0) is 49.4 Å². The molecule has 2 aromatic rings. The summed E-state index contributed by atoms with van der Waals surface area (Å²) in [7, 11) is 0. The lowest BCUT2D eigenvalue weighted by molar-refractivity contribution is 0.102. The van der Waals surface area contributed by atoms with Crippen molar-refractivity contribution in [3.05, 3.63) is 45.8 Å². The minimum atomic E-state index is -0.320. The maximum Gasteiger partial charge on any atom is 0.261 e. The summed E-state index contributed by atoms with van der Waals surface area (Å²) in [6.45, 7) is 1.88. The molecule has 0 aliphatic heterocycles. The Hall–Kier alpha value is -1.85. The first kappa shape index (κ1) is 16.0. The summed E-state index contributed by atoms with van der Waals surface area (Å²) in [4.78, 5) is 20.7. The molecule has 23 heavy (non-hydrogen) atoms. The van der Waals surface area contributed by atoms with Gasteiger partial charge in [-0.1, -0.05) is 23.7 Å². The van der Waals surface area contributed by atoms with Gasteiger partial charge in [0.25, 0.3) is 5.91 Å². The molecule has 0 spiro atoms. The Morgan fingerprint density at radius 3 is 2.74 bits per heavy atom. The number of nitrogens with zero attached hydrogens (tertiary/aromatic N) is 2. The van der Waals surface area contributed by atoms with Crippen LogP contribution in [0.1, 0.15) is 35.2 Å². The van der Waals surface area contributed by atoms with Crippen LogP contribution in [0.5, 0.6) is 0 Å². The first-order valence-corrected chi connectivity index (χ1v) is 8.15. The molecule has 1 saturated carbocycles. The molecule has 0 bridgehead atoms. The zero-order chi connectivity index (χ0) is 16.4. The predicted molar refractivity (Wildman–Crippen MR) is 92.4 cm³/mol. The van der Waals surface area contributed by atoms with E-state index < -0.39 is 0 Å². The van der Waals surface area contributed by atoms with Gasteiger partial charge in [-0.3, -0.25) is 4.79 Å². The Balaban J connectivity index is 1.86. The van der Waals surface area contributed by atoms with Crippen LogP contribution in [-0.2, 0) is 0 Å². The Labute approximate surface area is 144 Å². The summed E-state index contributed by atoms with van der Waals surface area (Å²) >= 11 is 12.0. The van der Waals surface area contributed by atoms with E-state index in [-0.39, 0.29) is 11.2 Å². The topological polar surface area (TPSA) is 66.9 Å². The molecule has 1 aromatic heterocycles. The van der Waals surface area contributed by atoms with Crippen LogP contribution >= 0.6 is 23.2 Å². The van der Waals surface area contributed by atoms with Gasteiger partial charge in [0, 0.05) is 12.2 Å². The second-order valence-electron chi connectivity index (χ2n) is 5.56. The molecule has 1 heterocycles. The quantitative estimate of drug-likeness (QED) is 0.806. The molecule has 0 unspecified atom stereocenters. The Morgan fingerprint density at radius 1 is 1.30 bits per heavy atom. The number of para-hydroxylation sites is 1. The smallest absolute Gasteiger partial charge is 0.261 e. The fourth-order valence-electron chi connectivity index (χ4n) is 2.35. The number of rotatable bonds is 4. The van der Waals surface area contributed by atoms with Crippen molar-refractivity contribution in [1.29, 1.82) is 0 Å². The summed E-state index contributed by atoms with van der Waals surface area (Å²) in [5, 5.41) is 6.68. The van der Waals surface area contributed by atoms with Crippen LogP contribution in [0.25, 0.3) is 0 Å². The molecule has 7 heteroatoms. The van der Waals surface area contributed by atoms with Gasteiger partial charge >= 0.3 is 0 Å². The van der Waals surface area contributed by atoms with Gasteiger partial charge in [0.2, 0.25) is 5.28 Å². The Bertz CT molecular complexity index is 727. The normalized spacial score (nSPS) is 14.2. The van der Waals surface area contributed by atoms with E-state index in [0.717, 1.165) is 18.4 Å². The highest BCUT2D eigenvalue weighted by molar-refractivity contribution is 6.34. The van der Waals surface area contributed by atoms with Crippen LogP contribution in [0.3, 0.4) is 0 Å². The molecule has 5 nitrogen and oxygen atoms in total. The largest absolute Gasteiger partial charge is 0.367 e. The second-order valence-corrected chi connectivity index (χ2v) is 6.30. The van der Waals surface area contributed by atoms with Gasteiger partial charge in [0.15, 0.2) is 0 Å². The van der Waals surface area contributed by atoms with Gasteiger partial charge in [-0.25, -0.2) is 4.98 Å². The van der Waals surface area contributed by atoms with Gasteiger partial charge in [0.1, 0.15) is 11.4 Å². The monoisotopic (exact) mass is 350 g/mol. The first-order chi connectivity index (χ1) is 11.0. The van der Waals surface area contributed by atoms with Crippen molar-refractivity contribution >= 4 is 40.6 Å². The van der Waals surface area contributed by atoms with Crippen LogP contribution in [-0.4, -0.2) is 21.9 Å². The fourth-order valence-corrected chi connectivity index (χ4v) is 2.76. The maximum atomic E-state index is 12.6. The molecule has 0 radical (unpaired) electrons. The van der Waals surface area contributed by atoms with Crippen LogP contribution in [0.15, 0.2) is 24.4 Å². The molecule has 1 aromatic carbocycles. The third-order valence-electron chi connectivity index (χ3n) is 3.91. The molecule has 3 rings (SSSR count). The minimum Gasteiger partial charge on any atom is -0.367 e. The zero-order valence-corrected chi connectivity index (χ0v) is 14.1. The van der Waals surface area contributed by atoms with E-state index in [0.29, 0.717) is 28.1 Å². The van der Waals surface area contributed by atoms with Crippen molar-refractivity contribution in [2.75, 3.05) is 10.6 Å². The number of nitrogens with one attached hydrogen (secondary N) is 2. The average Bonchev–Trinajstić information content (AvgIpc) is 2.47. The predicted octanol–water partition coefficient (Wildman–Crippen LogP) is 4.31. The van der Waals surface area contributed by atoms with E-state index in [1.54, 1.807) is 6.07 Å². The average molecular weight is 351 g/mol. The number of aryl methyl sites for hydroxylation is 1. The van der Waals surface area contributed by atoms with Gasteiger partial charge < -0.3 is 10.6 Å². The molecule has 120 valence electrons. The second kappa shape index (κ2) is 6.72. The van der Waals surface area contributed by atoms with Crippen molar-refractivity contribution < 1.29 is 4.79 Å². The van der Waals surface area contributed by atoms with E-state index in [1.165, 1.54) is 12.6 Å². The molecule has 2 N–H and O–H groups in total. The number of hydrogen-bond acceptors (Lipinski definition) is 4. The minimum absolute atomic E-state index is 0.109. The highest BCUT2D eigenvalue weighted by Gasteiger charge is 2.22. The summed E-state index contributed by atoms with van der Waals surface area (Å²) < 4.78 is 0. The zero-order valence-electron chi connectivity index (χ0n) is 12.6. The molecule has 1 aliphatic rings. The summed E-state index contributed by atoms with van der Waals surface area (Å²) in [5.41, 5.74) is 1.82. The standard InChI is InChI=1S/C16H16Cl2N4O/c1-9-4-2-7-12(17)13(9)21-15(23)11-8-19-16(18)22-14(11)20-10-5-3-6-10/h2,4,7-8,10H,3,5-6H2,1H3,(H,21,23)(H,19,20,22). The number of halogens is 2. The van der Waals surface area contributed by atoms with Crippen molar-refractivity contribution in [3.63, 3.8) is 0 Å². The van der Waals surface area contributed by atoms with E-state index in [1.807, 2.05) is 19.1 Å². The SMILES string of the molecule is Cc1cccc(Cl)c1NC(=O)c1cnc(Cl)nc1NC1CCC1. The first-order valence-electron chi connectivity index (χ1n) is 7.40. The Morgan fingerprint density at radius 2 is 2.09 bits per heavy atom. The molecule has 0 atom stereocenters. The highest BCUT2D eigenvalue weighted by Crippen LogP contribution is 2.28. The van der Waals surface area contributed by atoms with Crippen molar-refractivity contribution in [2.45, 2.75) is 32.2 Å². The highest BCUT2D eigenvalue weighted by atomic mass is 35.5. The van der Waals surface area contributed by atoms with Crippen LogP contribution in [0, 0.1) is 6.92 Å². The molecular weight excluding hydrogens is 335 g/mol. The van der Waals surface area contributed by atoms with Crippen molar-refractivity contribution in [3.8, 4) is 0 Å². The van der Waals surface area contributed by atoms with E-state index >= 15 is 0 Å². The lowest BCUT2D eigenvalue weighted by atomic mass is 9.93. The number of aromatic nitrogens is 2. The number of benzene rings is 1. The van der Waals surface area contributed by atoms with E-state index in [4.69, 9.17) is 23.2 Å². The lowest BCUT2D eigenvalue weighted by Crippen LogP contribution is -2.29. The number of carbonyl (C=O) groups excluding carboxylic acids is 1. The molecule has 1 amide bonds. The van der Waals surface area contributed by atoms with Crippen LogP contribution < -0.4 is 10.6 Å². The molecule has 0 saturated heterocycles. The third-order valence-corrected chi connectivity index (χ3v) is 4.41. The van der Waals surface area contributed by atoms with Gasteiger partial charge in [-0.2, -0.15) is 4.98 Å². The maximum absolute atomic E-state index is 12.6. The molecule has 1 aliphatic carbocycles. The number of carbonyl (C=O) groups is 1. The summed E-state index contributed by atoms with van der Waals surface area (Å²) in [6, 6.07) is 5.78. The van der Waals surface area contributed by atoms with Gasteiger partial charge in [-0.15, -0.1) is 0 Å². The van der Waals surface area contributed by atoms with Crippen LogP contribution in [0.4, 0.5) is 11.5 Å². The lowest BCUT2D eigenvalue weighted by Gasteiger charge is -2.27. The number of hydrogen-bond donors (Lipinski definition) is 2. The van der Waals surface area contributed by atoms with E-state index in [9.17, 15) is 4.79 Å². The molecular formula is C16H16Cl2N4O. The van der Waals surface area contributed by atoms with Crippen molar-refractivity contribution in [2.24, 2.45) is 0 Å². The number of amides is 1. The van der Waals surface area contributed by atoms with Gasteiger partial charge in [0.05, 0.1) is 10.7 Å². The van der Waals surface area contributed by atoms with Crippen LogP contribution in [0.2, 0.25) is 10.3 Å². The Kier molecular flexibility index (Phi) is 4.68. The number of anilines is 2. The summed E-state index contributed by atoms with van der Waals surface area (Å²) in [6.07, 6.45) is 4.73. The molecule has 1 fully saturated rings.